The van der Waals surface area contributed by atoms with Gasteiger partial charge >= 0.3 is 5.97 Å². The Morgan fingerprint density at radius 1 is 1.45 bits per heavy atom. The van der Waals surface area contributed by atoms with Gasteiger partial charge in [-0.15, -0.1) is 0 Å². The summed E-state index contributed by atoms with van der Waals surface area (Å²) in [4.78, 5) is 22.7. The second-order valence-corrected chi connectivity index (χ2v) is 3.64. The minimum absolute atomic E-state index is 0.191. The van der Waals surface area contributed by atoms with Crippen LogP contribution in [0.2, 0.25) is 0 Å². The summed E-state index contributed by atoms with van der Waals surface area (Å²) < 4.78 is 18.3. The maximum absolute atomic E-state index is 13.7. The van der Waals surface area contributed by atoms with Gasteiger partial charge in [-0.1, -0.05) is 11.8 Å². The molecule has 0 spiro atoms. The number of carbonyl (C=O) groups is 2. The predicted octanol–water partition coefficient (Wildman–Crippen LogP) is 0.462. The van der Waals surface area contributed by atoms with Crippen LogP contribution in [-0.2, 0) is 9.53 Å². The lowest BCUT2D eigenvalue weighted by Gasteiger charge is -2.06. The summed E-state index contributed by atoms with van der Waals surface area (Å²) in [5.41, 5.74) is 0.155. The van der Waals surface area contributed by atoms with Crippen molar-refractivity contribution in [2.75, 3.05) is 19.8 Å². The molecule has 20 heavy (non-hydrogen) atoms. The first-order valence-corrected chi connectivity index (χ1v) is 5.91. The van der Waals surface area contributed by atoms with E-state index in [1.54, 1.807) is 6.92 Å². The molecule has 0 saturated heterocycles. The van der Waals surface area contributed by atoms with E-state index in [0.717, 1.165) is 6.07 Å². The summed E-state index contributed by atoms with van der Waals surface area (Å²) in [6.07, 6.45) is 0. The first-order chi connectivity index (χ1) is 9.58. The van der Waals surface area contributed by atoms with Crippen molar-refractivity contribution in [3.63, 3.8) is 0 Å². The van der Waals surface area contributed by atoms with Gasteiger partial charge in [0.15, 0.2) is 0 Å². The van der Waals surface area contributed by atoms with Crippen LogP contribution < -0.4 is 5.32 Å². The number of rotatable bonds is 4. The van der Waals surface area contributed by atoms with Gasteiger partial charge in [-0.3, -0.25) is 9.59 Å². The Bertz CT molecular complexity index is 560. The molecule has 0 fully saturated rings. The van der Waals surface area contributed by atoms with Crippen LogP contribution in [0.1, 0.15) is 22.8 Å². The number of aliphatic hydroxyl groups excluding tert-OH is 1. The van der Waals surface area contributed by atoms with E-state index < -0.39 is 17.7 Å². The number of aliphatic hydroxyl groups is 1. The summed E-state index contributed by atoms with van der Waals surface area (Å²) in [6.45, 7) is 1.20. The predicted molar refractivity (Wildman–Crippen MR) is 69.3 cm³/mol. The van der Waals surface area contributed by atoms with Gasteiger partial charge in [0, 0.05) is 5.56 Å². The fourth-order valence-electron chi connectivity index (χ4n) is 1.38. The van der Waals surface area contributed by atoms with Crippen LogP contribution in [0.25, 0.3) is 0 Å². The zero-order valence-corrected chi connectivity index (χ0v) is 10.9. The molecule has 0 radical (unpaired) electrons. The zero-order valence-electron chi connectivity index (χ0n) is 10.9. The average Bonchev–Trinajstić information content (AvgIpc) is 2.43. The van der Waals surface area contributed by atoms with Gasteiger partial charge < -0.3 is 15.2 Å². The first-order valence-electron chi connectivity index (χ1n) is 5.91. The summed E-state index contributed by atoms with van der Waals surface area (Å²) >= 11 is 0. The fourth-order valence-corrected chi connectivity index (χ4v) is 1.38. The van der Waals surface area contributed by atoms with Crippen LogP contribution in [-0.4, -0.2) is 36.7 Å². The van der Waals surface area contributed by atoms with Gasteiger partial charge in [0.2, 0.25) is 0 Å². The Labute approximate surface area is 115 Å². The molecule has 0 atom stereocenters. The summed E-state index contributed by atoms with van der Waals surface area (Å²) in [5, 5.41) is 10.8. The number of benzene rings is 1. The van der Waals surface area contributed by atoms with E-state index in [4.69, 9.17) is 5.11 Å². The molecule has 0 bridgehead atoms. The topological polar surface area (TPSA) is 75.6 Å². The molecule has 1 aromatic carbocycles. The zero-order chi connectivity index (χ0) is 15.0. The van der Waals surface area contributed by atoms with Gasteiger partial charge in [-0.05, 0) is 25.1 Å². The number of hydrogen-bond acceptors (Lipinski definition) is 4. The second kappa shape index (κ2) is 7.92. The highest BCUT2D eigenvalue weighted by Crippen LogP contribution is 2.09. The van der Waals surface area contributed by atoms with Crippen LogP contribution in [0, 0.1) is 17.7 Å². The monoisotopic (exact) mass is 279 g/mol. The maximum atomic E-state index is 13.7. The molecule has 0 aliphatic heterocycles. The lowest BCUT2D eigenvalue weighted by molar-refractivity contribution is -0.141. The number of hydrogen-bond donors (Lipinski definition) is 2. The number of carbonyl (C=O) groups excluding carboxylic acids is 2. The van der Waals surface area contributed by atoms with E-state index >= 15 is 0 Å². The maximum Gasteiger partial charge on any atom is 0.325 e. The molecule has 5 nitrogen and oxygen atoms in total. The second-order valence-electron chi connectivity index (χ2n) is 3.64. The normalized spacial score (nSPS) is 9.35. The number of amides is 1. The van der Waals surface area contributed by atoms with Crippen molar-refractivity contribution in [1.82, 2.24) is 5.32 Å². The largest absolute Gasteiger partial charge is 0.465 e. The average molecular weight is 279 g/mol. The van der Waals surface area contributed by atoms with Gasteiger partial charge in [0.05, 0.1) is 12.2 Å². The highest BCUT2D eigenvalue weighted by atomic mass is 19.1. The summed E-state index contributed by atoms with van der Waals surface area (Å²) in [7, 11) is 0. The van der Waals surface area contributed by atoms with Crippen molar-refractivity contribution in [3.05, 3.63) is 35.1 Å². The molecule has 106 valence electrons. The SMILES string of the molecule is CCOC(=O)CNC(=O)c1ccc(C#CCO)cc1F. The minimum atomic E-state index is -0.754. The number of esters is 1. The summed E-state index contributed by atoms with van der Waals surface area (Å²) in [6, 6.07) is 3.80. The molecule has 0 heterocycles. The van der Waals surface area contributed by atoms with Gasteiger partial charge in [0.25, 0.3) is 5.91 Å². The molecule has 0 aliphatic rings. The minimum Gasteiger partial charge on any atom is -0.465 e. The highest BCUT2D eigenvalue weighted by Gasteiger charge is 2.13. The van der Waals surface area contributed by atoms with E-state index in [-0.39, 0.29) is 25.3 Å². The van der Waals surface area contributed by atoms with E-state index in [1.807, 2.05) is 0 Å². The fraction of sp³-hybridized carbons (Fsp3) is 0.286. The molecule has 1 aromatic rings. The van der Waals surface area contributed by atoms with E-state index in [0.29, 0.717) is 5.56 Å². The standard InChI is InChI=1S/C14H14FNO4/c1-2-20-13(18)9-16-14(19)11-6-5-10(4-3-7-17)8-12(11)15/h5-6,8,17H,2,7,9H2,1H3,(H,16,19). The van der Waals surface area contributed by atoms with Gasteiger partial charge in [0.1, 0.15) is 19.0 Å². The van der Waals surface area contributed by atoms with Crippen molar-refractivity contribution < 1.29 is 23.8 Å². The number of nitrogens with one attached hydrogen (secondary N) is 1. The van der Waals surface area contributed by atoms with Crippen molar-refractivity contribution in [3.8, 4) is 11.8 Å². The number of halogens is 1. The van der Waals surface area contributed by atoms with E-state index in [1.165, 1.54) is 12.1 Å². The Balaban J connectivity index is 2.71. The third-order valence-corrected chi connectivity index (χ3v) is 2.22. The molecule has 2 N–H and O–H groups in total. The van der Waals surface area contributed by atoms with E-state index in [2.05, 4.69) is 21.9 Å². The van der Waals surface area contributed by atoms with Crippen molar-refractivity contribution in [1.29, 1.82) is 0 Å². The molecule has 6 heteroatoms. The lowest BCUT2D eigenvalue weighted by atomic mass is 10.1. The molecular formula is C14H14FNO4. The lowest BCUT2D eigenvalue weighted by Crippen LogP contribution is -2.31. The Morgan fingerprint density at radius 3 is 2.80 bits per heavy atom. The molecule has 1 rings (SSSR count). The van der Waals surface area contributed by atoms with E-state index in [9.17, 15) is 14.0 Å². The van der Waals surface area contributed by atoms with Crippen LogP contribution in [0.5, 0.6) is 0 Å². The molecule has 0 saturated carbocycles. The molecular weight excluding hydrogens is 265 g/mol. The third kappa shape index (κ3) is 4.71. The Hall–Kier alpha value is -2.39. The number of ether oxygens (including phenoxy) is 1. The van der Waals surface area contributed by atoms with Crippen molar-refractivity contribution in [2.45, 2.75) is 6.92 Å². The van der Waals surface area contributed by atoms with Gasteiger partial charge in [-0.25, -0.2) is 4.39 Å². The summed E-state index contributed by atoms with van der Waals surface area (Å²) in [5.74, 6) is 2.84. The highest BCUT2D eigenvalue weighted by molar-refractivity contribution is 5.96. The Kier molecular flexibility index (Phi) is 6.20. The van der Waals surface area contributed by atoms with Gasteiger partial charge in [-0.2, -0.15) is 0 Å². The van der Waals surface area contributed by atoms with Crippen LogP contribution in [0.15, 0.2) is 18.2 Å². The first kappa shape index (κ1) is 15.7. The molecule has 0 aromatic heterocycles. The van der Waals surface area contributed by atoms with Crippen molar-refractivity contribution >= 4 is 11.9 Å². The van der Waals surface area contributed by atoms with Crippen LogP contribution in [0.3, 0.4) is 0 Å². The van der Waals surface area contributed by atoms with Crippen molar-refractivity contribution in [2.24, 2.45) is 0 Å². The van der Waals surface area contributed by atoms with Crippen LogP contribution in [0.4, 0.5) is 4.39 Å². The molecule has 1 amide bonds. The molecule has 0 aliphatic carbocycles. The Morgan fingerprint density at radius 2 is 2.20 bits per heavy atom. The quantitative estimate of drug-likeness (QED) is 0.620. The third-order valence-electron chi connectivity index (χ3n) is 2.22. The molecule has 0 unspecified atom stereocenters. The smallest absolute Gasteiger partial charge is 0.325 e. The van der Waals surface area contributed by atoms with Crippen LogP contribution >= 0.6 is 0 Å².